The second-order valence-corrected chi connectivity index (χ2v) is 6.04. The quantitative estimate of drug-likeness (QED) is 0.866. The van der Waals surface area contributed by atoms with Gasteiger partial charge in [0.25, 0.3) is 0 Å². The number of amides is 1. The number of carbonyl (C=O) groups excluding carboxylic acids is 1. The van der Waals surface area contributed by atoms with Gasteiger partial charge in [-0.05, 0) is 31.9 Å². The number of imidazole rings is 1. The topological polar surface area (TPSA) is 54.3 Å². The van der Waals surface area contributed by atoms with Crippen molar-refractivity contribution in [1.82, 2.24) is 19.4 Å². The fourth-order valence-electron chi connectivity index (χ4n) is 3.12. The Morgan fingerprint density at radius 2 is 2.09 bits per heavy atom. The molecule has 1 saturated heterocycles. The van der Waals surface area contributed by atoms with Gasteiger partial charge in [0, 0.05) is 44.8 Å². The number of pyridine rings is 1. The van der Waals surface area contributed by atoms with Gasteiger partial charge in [0.1, 0.15) is 11.9 Å². The van der Waals surface area contributed by atoms with Gasteiger partial charge in [-0.3, -0.25) is 4.79 Å². The van der Waals surface area contributed by atoms with Gasteiger partial charge in [-0.1, -0.05) is 6.07 Å². The van der Waals surface area contributed by atoms with E-state index in [0.717, 1.165) is 31.7 Å². The Hall–Kier alpha value is -2.37. The van der Waals surface area contributed by atoms with Crippen molar-refractivity contribution in [3.05, 3.63) is 43.1 Å². The van der Waals surface area contributed by atoms with E-state index in [1.54, 1.807) is 12.5 Å². The number of hydrogen-bond acceptors (Lipinski definition) is 4. The van der Waals surface area contributed by atoms with Crippen molar-refractivity contribution >= 4 is 11.7 Å². The third kappa shape index (κ3) is 3.36. The van der Waals surface area contributed by atoms with E-state index in [0.29, 0.717) is 0 Å². The summed E-state index contributed by atoms with van der Waals surface area (Å²) in [5.74, 6) is 1.16. The van der Waals surface area contributed by atoms with Crippen molar-refractivity contribution in [3.8, 4) is 0 Å². The highest BCUT2D eigenvalue weighted by Gasteiger charge is 2.28. The van der Waals surface area contributed by atoms with Gasteiger partial charge in [0.05, 0.1) is 6.33 Å². The monoisotopic (exact) mass is 313 g/mol. The maximum absolute atomic E-state index is 12.6. The Morgan fingerprint density at radius 3 is 2.70 bits per heavy atom. The van der Waals surface area contributed by atoms with Crippen LogP contribution in [0.1, 0.15) is 25.8 Å². The molecule has 0 bridgehead atoms. The fraction of sp³-hybridized carbons (Fsp3) is 0.471. The Kier molecular flexibility index (Phi) is 4.60. The zero-order valence-corrected chi connectivity index (χ0v) is 13.7. The summed E-state index contributed by atoms with van der Waals surface area (Å²) in [6.07, 6.45) is 8.99. The minimum absolute atomic E-state index is 0.138. The number of nitrogens with zero attached hydrogens (tertiary/aromatic N) is 5. The van der Waals surface area contributed by atoms with Crippen LogP contribution in [0.4, 0.5) is 5.82 Å². The van der Waals surface area contributed by atoms with Gasteiger partial charge in [-0.25, -0.2) is 9.97 Å². The number of likely N-dealkylation sites (N-methyl/N-ethyl adjacent to an activating group) is 1. The first-order valence-corrected chi connectivity index (χ1v) is 8.07. The summed E-state index contributed by atoms with van der Waals surface area (Å²) >= 11 is 0. The lowest BCUT2D eigenvalue weighted by Crippen LogP contribution is -2.47. The van der Waals surface area contributed by atoms with Crippen LogP contribution < -0.4 is 4.90 Å². The predicted octanol–water partition coefficient (Wildman–Crippen LogP) is 1.97. The van der Waals surface area contributed by atoms with Crippen LogP contribution in [-0.4, -0.2) is 51.5 Å². The molecule has 0 saturated carbocycles. The molecule has 0 unspecified atom stereocenters. The molecule has 0 aromatic carbocycles. The molecule has 0 aliphatic carbocycles. The summed E-state index contributed by atoms with van der Waals surface area (Å²) < 4.78 is 1.85. The molecule has 23 heavy (non-hydrogen) atoms. The van der Waals surface area contributed by atoms with E-state index in [9.17, 15) is 4.79 Å². The molecule has 1 atom stereocenters. The minimum Gasteiger partial charge on any atom is -0.356 e. The standard InChI is InChI=1S/C17H23N5O/c1-14(22-12-9-18-13-22)17(23)20(2)15-6-10-21(11-7-15)16-5-3-4-8-19-16/h3-5,8-9,12-15H,6-7,10-11H2,1-2H3/t14-/m1/s1. The maximum atomic E-state index is 12.6. The van der Waals surface area contributed by atoms with E-state index in [4.69, 9.17) is 0 Å². The highest BCUT2D eigenvalue weighted by atomic mass is 16.2. The molecular weight excluding hydrogens is 290 g/mol. The molecule has 3 rings (SSSR count). The smallest absolute Gasteiger partial charge is 0.245 e. The van der Waals surface area contributed by atoms with Gasteiger partial charge in [-0.15, -0.1) is 0 Å². The predicted molar refractivity (Wildman–Crippen MR) is 89.2 cm³/mol. The van der Waals surface area contributed by atoms with E-state index in [-0.39, 0.29) is 18.0 Å². The van der Waals surface area contributed by atoms with E-state index in [1.165, 1.54) is 0 Å². The third-order valence-corrected chi connectivity index (χ3v) is 4.66. The number of hydrogen-bond donors (Lipinski definition) is 0. The van der Waals surface area contributed by atoms with Crippen LogP contribution in [0.3, 0.4) is 0 Å². The zero-order chi connectivity index (χ0) is 16.2. The molecule has 1 fully saturated rings. The van der Waals surface area contributed by atoms with Crippen LogP contribution in [0.2, 0.25) is 0 Å². The number of anilines is 1. The van der Waals surface area contributed by atoms with E-state index in [2.05, 4.69) is 14.9 Å². The average molecular weight is 313 g/mol. The first kappa shape index (κ1) is 15.5. The van der Waals surface area contributed by atoms with Crippen molar-refractivity contribution in [1.29, 1.82) is 0 Å². The lowest BCUT2D eigenvalue weighted by Gasteiger charge is -2.38. The molecule has 2 aromatic rings. The first-order valence-electron chi connectivity index (χ1n) is 8.07. The molecule has 6 heteroatoms. The third-order valence-electron chi connectivity index (χ3n) is 4.66. The number of carbonyl (C=O) groups is 1. The van der Waals surface area contributed by atoms with Crippen molar-refractivity contribution in [2.24, 2.45) is 0 Å². The second-order valence-electron chi connectivity index (χ2n) is 6.04. The normalized spacial score (nSPS) is 17.0. The molecular formula is C17H23N5O. The Balaban J connectivity index is 1.58. The van der Waals surface area contributed by atoms with Crippen LogP contribution in [0.5, 0.6) is 0 Å². The minimum atomic E-state index is -0.212. The molecule has 1 aliphatic heterocycles. The van der Waals surface area contributed by atoms with E-state index >= 15 is 0 Å². The van der Waals surface area contributed by atoms with Crippen LogP contribution in [0.25, 0.3) is 0 Å². The van der Waals surface area contributed by atoms with Crippen LogP contribution >= 0.6 is 0 Å². The van der Waals surface area contributed by atoms with Crippen molar-refractivity contribution in [3.63, 3.8) is 0 Å². The SMILES string of the molecule is C[C@H](C(=O)N(C)C1CCN(c2ccccn2)CC1)n1ccnc1. The molecule has 1 amide bonds. The fourth-order valence-corrected chi connectivity index (χ4v) is 3.12. The van der Waals surface area contributed by atoms with Gasteiger partial charge in [-0.2, -0.15) is 0 Å². The van der Waals surface area contributed by atoms with E-state index in [1.807, 2.05) is 54.0 Å². The first-order chi connectivity index (χ1) is 11.2. The second kappa shape index (κ2) is 6.81. The summed E-state index contributed by atoms with van der Waals surface area (Å²) in [5.41, 5.74) is 0. The molecule has 3 heterocycles. The largest absolute Gasteiger partial charge is 0.356 e. The molecule has 0 spiro atoms. The molecule has 2 aromatic heterocycles. The Labute approximate surface area is 136 Å². The summed E-state index contributed by atoms with van der Waals surface area (Å²) in [6, 6.07) is 6.05. The molecule has 6 nitrogen and oxygen atoms in total. The highest BCUT2D eigenvalue weighted by molar-refractivity contribution is 5.80. The summed E-state index contributed by atoms with van der Waals surface area (Å²) in [6.45, 7) is 3.78. The molecule has 1 aliphatic rings. The van der Waals surface area contributed by atoms with Gasteiger partial charge < -0.3 is 14.4 Å². The Morgan fingerprint density at radius 1 is 1.30 bits per heavy atom. The number of aromatic nitrogens is 3. The molecule has 0 radical (unpaired) electrons. The lowest BCUT2D eigenvalue weighted by molar-refractivity contribution is -0.135. The summed E-state index contributed by atoms with van der Waals surface area (Å²) in [4.78, 5) is 25.3. The highest BCUT2D eigenvalue weighted by Crippen LogP contribution is 2.22. The van der Waals surface area contributed by atoms with Crippen LogP contribution in [0.15, 0.2) is 43.1 Å². The van der Waals surface area contributed by atoms with Crippen molar-refractivity contribution in [2.45, 2.75) is 31.8 Å². The van der Waals surface area contributed by atoms with Crippen LogP contribution in [-0.2, 0) is 4.79 Å². The molecule has 0 N–H and O–H groups in total. The van der Waals surface area contributed by atoms with Crippen molar-refractivity contribution in [2.75, 3.05) is 25.0 Å². The summed E-state index contributed by atoms with van der Waals surface area (Å²) in [5, 5.41) is 0. The number of piperidine rings is 1. The van der Waals surface area contributed by atoms with Gasteiger partial charge in [0.2, 0.25) is 5.91 Å². The summed E-state index contributed by atoms with van der Waals surface area (Å²) in [7, 11) is 1.91. The lowest BCUT2D eigenvalue weighted by atomic mass is 10.0. The number of rotatable bonds is 4. The van der Waals surface area contributed by atoms with Crippen molar-refractivity contribution < 1.29 is 4.79 Å². The van der Waals surface area contributed by atoms with Gasteiger partial charge >= 0.3 is 0 Å². The Bertz CT molecular complexity index is 620. The molecule has 122 valence electrons. The van der Waals surface area contributed by atoms with E-state index < -0.39 is 0 Å². The average Bonchev–Trinajstić information content (AvgIpc) is 3.15. The maximum Gasteiger partial charge on any atom is 0.245 e. The van der Waals surface area contributed by atoms with Gasteiger partial charge in [0.15, 0.2) is 0 Å². The van der Waals surface area contributed by atoms with Crippen LogP contribution in [0, 0.1) is 0 Å². The zero-order valence-electron chi connectivity index (χ0n) is 13.7.